The average Bonchev–Trinajstić information content (AvgIpc) is 3.36. The first kappa shape index (κ1) is 26.2. The predicted octanol–water partition coefficient (Wildman–Crippen LogP) is 4.59. The lowest BCUT2D eigenvalue weighted by Crippen LogP contribution is -2.43. The molecule has 0 bridgehead atoms. The third kappa shape index (κ3) is 5.27. The number of nitrogens with zero attached hydrogens (tertiary/aromatic N) is 2. The van der Waals surface area contributed by atoms with Gasteiger partial charge in [0.25, 0.3) is 5.91 Å². The number of rotatable bonds is 6. The molecule has 38 heavy (non-hydrogen) atoms. The second-order valence-electron chi connectivity index (χ2n) is 9.42. The molecule has 2 amide bonds. The van der Waals surface area contributed by atoms with Gasteiger partial charge in [0.15, 0.2) is 0 Å². The molecule has 0 aliphatic carbocycles. The number of methoxy groups -OCH3 is 1. The standard InChI is InChI=1S/C28H28ClN3O5S/c1-37-24-10-5-20(6-11-24)28(34)32-16-14-19-4-9-23(17-26(19)32)30-27(33)21-3-2-15-31(18-21)38(35,36)25-12-7-22(29)8-13-25/h4-13,17,21H,2-3,14-16,18H2,1H3,(H,30,33). The van der Waals surface area contributed by atoms with Crippen LogP contribution in [-0.2, 0) is 21.2 Å². The van der Waals surface area contributed by atoms with E-state index in [0.717, 1.165) is 17.7 Å². The average molecular weight is 554 g/mol. The molecule has 0 radical (unpaired) electrons. The molecule has 2 aliphatic heterocycles. The summed E-state index contributed by atoms with van der Waals surface area (Å²) in [5, 5.41) is 3.40. The van der Waals surface area contributed by atoms with Gasteiger partial charge in [0, 0.05) is 41.6 Å². The van der Waals surface area contributed by atoms with Gasteiger partial charge in [-0.2, -0.15) is 4.31 Å². The predicted molar refractivity (Wildman–Crippen MR) is 146 cm³/mol. The minimum Gasteiger partial charge on any atom is -0.497 e. The van der Waals surface area contributed by atoms with E-state index in [0.29, 0.717) is 48.0 Å². The number of anilines is 2. The lowest BCUT2D eigenvalue weighted by atomic mass is 9.98. The number of ether oxygens (including phenoxy) is 1. The van der Waals surface area contributed by atoms with E-state index in [9.17, 15) is 18.0 Å². The molecular weight excluding hydrogens is 526 g/mol. The molecular formula is C28H28ClN3O5S. The van der Waals surface area contributed by atoms with Gasteiger partial charge in [0.05, 0.1) is 17.9 Å². The van der Waals surface area contributed by atoms with Gasteiger partial charge in [0.1, 0.15) is 5.75 Å². The van der Waals surface area contributed by atoms with Crippen LogP contribution in [0.1, 0.15) is 28.8 Å². The number of carbonyl (C=O) groups is 2. The first-order chi connectivity index (χ1) is 18.3. The van der Waals surface area contributed by atoms with Crippen LogP contribution in [0.25, 0.3) is 0 Å². The Morgan fingerprint density at radius 3 is 2.45 bits per heavy atom. The number of sulfonamides is 1. The van der Waals surface area contributed by atoms with E-state index >= 15 is 0 Å². The molecule has 8 nitrogen and oxygen atoms in total. The number of hydrogen-bond donors (Lipinski definition) is 1. The molecule has 1 unspecified atom stereocenters. The largest absolute Gasteiger partial charge is 0.497 e. The van der Waals surface area contributed by atoms with Gasteiger partial charge in [-0.3, -0.25) is 9.59 Å². The second-order valence-corrected chi connectivity index (χ2v) is 11.8. The van der Waals surface area contributed by atoms with E-state index < -0.39 is 15.9 Å². The number of carbonyl (C=O) groups excluding carboxylic acids is 2. The Morgan fingerprint density at radius 1 is 1.00 bits per heavy atom. The number of fused-ring (bicyclic) bond motifs is 1. The summed E-state index contributed by atoms with van der Waals surface area (Å²) in [6, 6.07) is 18.6. The molecule has 0 spiro atoms. The van der Waals surface area contributed by atoms with Crippen molar-refractivity contribution in [2.75, 3.05) is 37.0 Å². The molecule has 3 aromatic carbocycles. The highest BCUT2D eigenvalue weighted by atomic mass is 35.5. The van der Waals surface area contributed by atoms with Crippen molar-refractivity contribution in [3.63, 3.8) is 0 Å². The summed E-state index contributed by atoms with van der Waals surface area (Å²) in [6.45, 7) is 1.01. The van der Waals surface area contributed by atoms with Crippen molar-refractivity contribution < 1.29 is 22.7 Å². The molecule has 0 saturated carbocycles. The molecule has 198 valence electrons. The summed E-state index contributed by atoms with van der Waals surface area (Å²) in [5.74, 6) is -0.177. The van der Waals surface area contributed by atoms with Crippen molar-refractivity contribution in [2.45, 2.75) is 24.2 Å². The molecule has 3 aromatic rings. The van der Waals surface area contributed by atoms with Crippen molar-refractivity contribution in [3.8, 4) is 5.75 Å². The third-order valence-electron chi connectivity index (χ3n) is 7.04. The van der Waals surface area contributed by atoms with E-state index in [4.69, 9.17) is 16.3 Å². The van der Waals surface area contributed by atoms with Crippen LogP contribution < -0.4 is 15.0 Å². The first-order valence-corrected chi connectivity index (χ1v) is 14.2. The molecule has 1 N–H and O–H groups in total. The number of hydrogen-bond acceptors (Lipinski definition) is 5. The topological polar surface area (TPSA) is 96.0 Å². The summed E-state index contributed by atoms with van der Waals surface area (Å²) in [4.78, 5) is 28.2. The smallest absolute Gasteiger partial charge is 0.258 e. The van der Waals surface area contributed by atoms with Crippen LogP contribution in [0.3, 0.4) is 0 Å². The monoisotopic (exact) mass is 553 g/mol. The van der Waals surface area contributed by atoms with Gasteiger partial charge in [-0.05, 0) is 85.5 Å². The Kier molecular flexibility index (Phi) is 7.43. The Balaban J connectivity index is 1.28. The minimum atomic E-state index is -3.73. The lowest BCUT2D eigenvalue weighted by molar-refractivity contribution is -0.120. The Labute approximate surface area is 227 Å². The van der Waals surface area contributed by atoms with Crippen molar-refractivity contribution in [3.05, 3.63) is 82.9 Å². The maximum atomic E-state index is 13.2. The SMILES string of the molecule is COc1ccc(C(=O)N2CCc3ccc(NC(=O)C4CCCN(S(=O)(=O)c5ccc(Cl)cc5)C4)cc32)cc1. The van der Waals surface area contributed by atoms with Crippen LogP contribution in [0.4, 0.5) is 11.4 Å². The van der Waals surface area contributed by atoms with Crippen LogP contribution >= 0.6 is 11.6 Å². The van der Waals surface area contributed by atoms with Crippen LogP contribution in [-0.4, -0.2) is 51.3 Å². The van der Waals surface area contributed by atoms with E-state index in [1.165, 1.54) is 16.4 Å². The van der Waals surface area contributed by atoms with E-state index in [2.05, 4.69) is 5.32 Å². The van der Waals surface area contributed by atoms with Gasteiger partial charge in [-0.1, -0.05) is 17.7 Å². The van der Waals surface area contributed by atoms with Gasteiger partial charge < -0.3 is 15.0 Å². The normalized spacial score (nSPS) is 17.6. The number of halogens is 1. The highest BCUT2D eigenvalue weighted by Crippen LogP contribution is 2.33. The molecule has 2 heterocycles. The fraction of sp³-hybridized carbons (Fsp3) is 0.286. The molecule has 10 heteroatoms. The summed E-state index contributed by atoms with van der Waals surface area (Å²) >= 11 is 5.91. The molecule has 1 atom stereocenters. The van der Waals surface area contributed by atoms with Crippen molar-refractivity contribution in [2.24, 2.45) is 5.92 Å². The first-order valence-electron chi connectivity index (χ1n) is 12.4. The van der Waals surface area contributed by atoms with Crippen LogP contribution in [0.15, 0.2) is 71.6 Å². The highest BCUT2D eigenvalue weighted by molar-refractivity contribution is 7.89. The summed E-state index contributed by atoms with van der Waals surface area (Å²) in [5.41, 5.74) is 2.92. The van der Waals surface area contributed by atoms with Crippen LogP contribution in [0.5, 0.6) is 5.75 Å². The number of piperidine rings is 1. The maximum absolute atomic E-state index is 13.2. The van der Waals surface area contributed by atoms with Gasteiger partial charge in [0.2, 0.25) is 15.9 Å². The summed E-state index contributed by atoms with van der Waals surface area (Å²) in [7, 11) is -2.15. The summed E-state index contributed by atoms with van der Waals surface area (Å²) in [6.07, 6.45) is 1.90. The van der Waals surface area contributed by atoms with Gasteiger partial charge >= 0.3 is 0 Å². The minimum absolute atomic E-state index is 0.101. The van der Waals surface area contributed by atoms with Gasteiger partial charge in [-0.15, -0.1) is 0 Å². The summed E-state index contributed by atoms with van der Waals surface area (Å²) < 4.78 is 32.8. The third-order valence-corrected chi connectivity index (χ3v) is 9.17. The fourth-order valence-electron chi connectivity index (χ4n) is 4.93. The van der Waals surface area contributed by atoms with Gasteiger partial charge in [-0.25, -0.2) is 8.42 Å². The van der Waals surface area contributed by atoms with Crippen molar-refractivity contribution in [1.29, 1.82) is 0 Å². The van der Waals surface area contributed by atoms with E-state index in [-0.39, 0.29) is 23.3 Å². The second kappa shape index (κ2) is 10.8. The number of nitrogens with one attached hydrogen (secondary N) is 1. The molecule has 2 aliphatic rings. The molecule has 0 aromatic heterocycles. The van der Waals surface area contributed by atoms with Crippen molar-refractivity contribution in [1.82, 2.24) is 4.31 Å². The number of benzene rings is 3. The number of amides is 2. The zero-order chi connectivity index (χ0) is 26.9. The Hall–Kier alpha value is -3.40. The zero-order valence-corrected chi connectivity index (χ0v) is 22.5. The molecule has 5 rings (SSSR count). The fourth-order valence-corrected chi connectivity index (χ4v) is 6.58. The quantitative estimate of drug-likeness (QED) is 0.481. The van der Waals surface area contributed by atoms with Crippen LogP contribution in [0.2, 0.25) is 5.02 Å². The molecule has 1 saturated heterocycles. The Morgan fingerprint density at radius 2 is 1.74 bits per heavy atom. The maximum Gasteiger partial charge on any atom is 0.258 e. The van der Waals surface area contributed by atoms with Crippen molar-refractivity contribution >= 4 is 44.8 Å². The molecule has 1 fully saturated rings. The van der Waals surface area contributed by atoms with E-state index in [1.54, 1.807) is 48.4 Å². The lowest BCUT2D eigenvalue weighted by Gasteiger charge is -2.31. The highest BCUT2D eigenvalue weighted by Gasteiger charge is 2.34. The Bertz CT molecular complexity index is 1460. The van der Waals surface area contributed by atoms with Crippen LogP contribution in [0, 0.1) is 5.92 Å². The van der Waals surface area contributed by atoms with E-state index in [1.807, 2.05) is 18.2 Å². The zero-order valence-electron chi connectivity index (χ0n) is 20.9.